The summed E-state index contributed by atoms with van der Waals surface area (Å²) in [6.07, 6.45) is 3.92. The summed E-state index contributed by atoms with van der Waals surface area (Å²) in [5.41, 5.74) is 1.22. The number of rotatable bonds is 2. The fourth-order valence-corrected chi connectivity index (χ4v) is 2.86. The number of nitrogens with one attached hydrogen (secondary N) is 1. The molecule has 1 aromatic rings. The molecule has 1 aliphatic rings. The van der Waals surface area contributed by atoms with Crippen LogP contribution in [0.5, 0.6) is 0 Å². The molecule has 2 rings (SSSR count). The van der Waals surface area contributed by atoms with Gasteiger partial charge in [0, 0.05) is 17.2 Å². The van der Waals surface area contributed by atoms with E-state index >= 15 is 0 Å². The zero-order valence-electron chi connectivity index (χ0n) is 9.38. The zero-order valence-corrected chi connectivity index (χ0v) is 10.2. The van der Waals surface area contributed by atoms with E-state index in [0.717, 1.165) is 19.6 Å². The molecule has 0 aromatic carbocycles. The lowest BCUT2D eigenvalue weighted by Gasteiger charge is -2.23. The van der Waals surface area contributed by atoms with Crippen molar-refractivity contribution in [3.8, 4) is 0 Å². The van der Waals surface area contributed by atoms with Gasteiger partial charge in [-0.1, -0.05) is 0 Å². The van der Waals surface area contributed by atoms with Crippen LogP contribution in [0, 0.1) is 19.3 Å². The number of hydrogen-bond donors (Lipinski definition) is 1. The van der Waals surface area contributed by atoms with Crippen molar-refractivity contribution in [3.05, 3.63) is 15.4 Å². The van der Waals surface area contributed by atoms with E-state index in [9.17, 15) is 0 Å². The highest BCUT2D eigenvalue weighted by molar-refractivity contribution is 7.09. The molecule has 1 N–H and O–H groups in total. The summed E-state index contributed by atoms with van der Waals surface area (Å²) in [6, 6.07) is 0. The molecule has 0 saturated carbocycles. The average Bonchev–Trinajstić information content (AvgIpc) is 2.47. The molecule has 1 aliphatic heterocycles. The summed E-state index contributed by atoms with van der Waals surface area (Å²) < 4.78 is 7.78. The molecule has 1 aromatic heterocycles. The lowest BCUT2D eigenvalue weighted by Crippen LogP contribution is -2.28. The van der Waals surface area contributed by atoms with Gasteiger partial charge in [0.05, 0.1) is 12.6 Å². The topological polar surface area (TPSA) is 38.0 Å². The molecule has 84 valence electrons. The molecule has 0 bridgehead atoms. The third-order valence-corrected chi connectivity index (χ3v) is 4.08. The summed E-state index contributed by atoms with van der Waals surface area (Å²) >= 11 is 1.56. The maximum atomic E-state index is 7.88. The van der Waals surface area contributed by atoms with Crippen LogP contribution >= 0.6 is 11.3 Å². The first-order chi connectivity index (χ1) is 7.18. The second-order valence-corrected chi connectivity index (χ2v) is 5.35. The summed E-state index contributed by atoms with van der Waals surface area (Å²) in [4.78, 5) is 1.90. The van der Waals surface area contributed by atoms with Gasteiger partial charge in [0.2, 0.25) is 0 Å². The molecular weight excluding hydrogens is 208 g/mol. The molecule has 0 amide bonds. The van der Waals surface area contributed by atoms with E-state index in [0.29, 0.717) is 10.9 Å². The van der Waals surface area contributed by atoms with Crippen molar-refractivity contribution in [1.29, 1.82) is 5.41 Å². The Morgan fingerprint density at radius 1 is 1.47 bits per heavy atom. The van der Waals surface area contributed by atoms with E-state index in [2.05, 4.69) is 18.4 Å². The van der Waals surface area contributed by atoms with E-state index in [4.69, 9.17) is 10.1 Å². The standard InChI is InChI=1S/C11H18N2OS/c1-8-9(2)15-11(12)13(8)7-10-5-3-4-6-14-10/h10,12H,3-7H2,1-2H3. The van der Waals surface area contributed by atoms with Gasteiger partial charge in [-0.15, -0.1) is 11.3 Å². The molecule has 2 heterocycles. The minimum Gasteiger partial charge on any atom is -0.376 e. The van der Waals surface area contributed by atoms with Crippen molar-refractivity contribution in [3.63, 3.8) is 0 Å². The predicted octanol–water partition coefficient (Wildman–Crippen LogP) is 2.22. The zero-order chi connectivity index (χ0) is 10.8. The van der Waals surface area contributed by atoms with Crippen LogP contribution in [0.2, 0.25) is 0 Å². The van der Waals surface area contributed by atoms with Crippen LogP contribution in [-0.4, -0.2) is 17.3 Å². The Labute approximate surface area is 94.2 Å². The van der Waals surface area contributed by atoms with Crippen molar-refractivity contribution >= 4 is 11.3 Å². The number of ether oxygens (including phenoxy) is 1. The number of thiazole rings is 1. The van der Waals surface area contributed by atoms with Gasteiger partial charge >= 0.3 is 0 Å². The van der Waals surface area contributed by atoms with Gasteiger partial charge in [0.25, 0.3) is 0 Å². The van der Waals surface area contributed by atoms with Crippen molar-refractivity contribution < 1.29 is 4.74 Å². The van der Waals surface area contributed by atoms with Gasteiger partial charge in [-0.05, 0) is 33.1 Å². The number of aromatic nitrogens is 1. The van der Waals surface area contributed by atoms with E-state index in [1.807, 2.05) is 0 Å². The third-order valence-electron chi connectivity index (χ3n) is 3.07. The van der Waals surface area contributed by atoms with Crippen LogP contribution in [0.25, 0.3) is 0 Å². The molecule has 1 fully saturated rings. The Morgan fingerprint density at radius 2 is 2.27 bits per heavy atom. The Hall–Kier alpha value is -0.610. The molecule has 3 nitrogen and oxygen atoms in total. The lowest BCUT2D eigenvalue weighted by molar-refractivity contribution is 0.00518. The Morgan fingerprint density at radius 3 is 2.80 bits per heavy atom. The van der Waals surface area contributed by atoms with Gasteiger partial charge < -0.3 is 9.30 Å². The first-order valence-corrected chi connectivity index (χ1v) is 6.33. The minimum absolute atomic E-state index is 0.320. The monoisotopic (exact) mass is 226 g/mol. The Bertz CT molecular complexity index is 388. The lowest BCUT2D eigenvalue weighted by atomic mass is 10.1. The van der Waals surface area contributed by atoms with E-state index in [1.165, 1.54) is 23.4 Å². The minimum atomic E-state index is 0.320. The fraction of sp³-hybridized carbons (Fsp3) is 0.727. The maximum absolute atomic E-state index is 7.88. The number of hydrogen-bond acceptors (Lipinski definition) is 3. The molecule has 1 saturated heterocycles. The second-order valence-electron chi connectivity index (χ2n) is 4.15. The quantitative estimate of drug-likeness (QED) is 0.825. The van der Waals surface area contributed by atoms with E-state index < -0.39 is 0 Å². The van der Waals surface area contributed by atoms with Crippen LogP contribution < -0.4 is 4.80 Å². The average molecular weight is 226 g/mol. The molecule has 0 spiro atoms. The van der Waals surface area contributed by atoms with Gasteiger partial charge in [-0.3, -0.25) is 5.41 Å². The summed E-state index contributed by atoms with van der Waals surface area (Å²) in [7, 11) is 0. The second kappa shape index (κ2) is 4.49. The van der Waals surface area contributed by atoms with Gasteiger partial charge in [0.15, 0.2) is 4.80 Å². The van der Waals surface area contributed by atoms with Crippen molar-refractivity contribution in [2.75, 3.05) is 6.61 Å². The normalized spacial score (nSPS) is 21.9. The van der Waals surface area contributed by atoms with Crippen molar-refractivity contribution in [1.82, 2.24) is 4.57 Å². The highest BCUT2D eigenvalue weighted by Gasteiger charge is 2.16. The maximum Gasteiger partial charge on any atom is 0.182 e. The van der Waals surface area contributed by atoms with E-state index in [-0.39, 0.29) is 0 Å². The molecule has 4 heteroatoms. The van der Waals surface area contributed by atoms with Crippen LogP contribution in [0.15, 0.2) is 0 Å². The van der Waals surface area contributed by atoms with Gasteiger partial charge in [-0.2, -0.15) is 0 Å². The van der Waals surface area contributed by atoms with Crippen LogP contribution in [0.4, 0.5) is 0 Å². The summed E-state index contributed by atoms with van der Waals surface area (Å²) in [5, 5.41) is 7.88. The number of nitrogens with zero attached hydrogens (tertiary/aromatic N) is 1. The van der Waals surface area contributed by atoms with Crippen LogP contribution in [0.3, 0.4) is 0 Å². The first kappa shape index (κ1) is 10.9. The van der Waals surface area contributed by atoms with Crippen LogP contribution in [0.1, 0.15) is 29.8 Å². The Kier molecular flexibility index (Phi) is 3.26. The molecule has 0 aliphatic carbocycles. The molecule has 1 atom stereocenters. The fourth-order valence-electron chi connectivity index (χ4n) is 1.99. The third kappa shape index (κ3) is 2.32. The Balaban J connectivity index is 2.12. The SMILES string of the molecule is Cc1sc(=N)n(CC2CCCCO2)c1C. The smallest absolute Gasteiger partial charge is 0.182 e. The molecule has 1 unspecified atom stereocenters. The largest absolute Gasteiger partial charge is 0.376 e. The van der Waals surface area contributed by atoms with E-state index in [1.54, 1.807) is 11.3 Å². The van der Waals surface area contributed by atoms with Gasteiger partial charge in [0.1, 0.15) is 0 Å². The molecular formula is C11H18N2OS. The summed E-state index contributed by atoms with van der Waals surface area (Å²) in [6.45, 7) is 5.92. The molecule has 15 heavy (non-hydrogen) atoms. The summed E-state index contributed by atoms with van der Waals surface area (Å²) in [5.74, 6) is 0. The van der Waals surface area contributed by atoms with Crippen molar-refractivity contribution in [2.24, 2.45) is 0 Å². The highest BCUT2D eigenvalue weighted by atomic mass is 32.1. The van der Waals surface area contributed by atoms with Crippen LogP contribution in [-0.2, 0) is 11.3 Å². The number of aryl methyl sites for hydroxylation is 1. The molecule has 0 radical (unpaired) electrons. The predicted molar refractivity (Wildman–Crippen MR) is 61.2 cm³/mol. The van der Waals surface area contributed by atoms with Gasteiger partial charge in [-0.25, -0.2) is 0 Å². The first-order valence-electron chi connectivity index (χ1n) is 5.51. The highest BCUT2D eigenvalue weighted by Crippen LogP contribution is 2.16. The van der Waals surface area contributed by atoms with Crippen molar-refractivity contribution in [2.45, 2.75) is 45.8 Å².